The third kappa shape index (κ3) is 4.35. The third-order valence-corrected chi connectivity index (χ3v) is 5.77. The molecule has 0 fully saturated rings. The molecule has 0 aliphatic heterocycles. The number of sulfone groups is 1. The second kappa shape index (κ2) is 6.66. The summed E-state index contributed by atoms with van der Waals surface area (Å²) in [6.07, 6.45) is 0.641. The van der Waals surface area contributed by atoms with Gasteiger partial charge in [-0.15, -0.1) is 0 Å². The molecule has 0 atom stereocenters. The molecule has 0 spiro atoms. The van der Waals surface area contributed by atoms with E-state index in [2.05, 4.69) is 0 Å². The van der Waals surface area contributed by atoms with E-state index in [4.69, 9.17) is 21.1 Å². The Morgan fingerprint density at radius 2 is 1.90 bits per heavy atom. The van der Waals surface area contributed by atoms with Crippen LogP contribution in [0.2, 0.25) is 5.02 Å². The summed E-state index contributed by atoms with van der Waals surface area (Å²) in [4.78, 5) is 10.8. The molecule has 7 heteroatoms. The van der Waals surface area contributed by atoms with Crippen molar-refractivity contribution < 1.29 is 22.7 Å². The molecule has 0 aliphatic rings. The second-order valence-electron chi connectivity index (χ2n) is 5.43. The first-order valence-electron chi connectivity index (χ1n) is 6.30. The average molecular weight is 335 g/mol. The van der Waals surface area contributed by atoms with Crippen LogP contribution < -0.4 is 9.47 Å². The maximum absolute atomic E-state index is 12.0. The van der Waals surface area contributed by atoms with Gasteiger partial charge in [-0.1, -0.05) is 11.6 Å². The lowest BCUT2D eigenvalue weighted by Crippen LogP contribution is -2.32. The smallest absolute Gasteiger partial charge is 0.179 e. The molecule has 0 N–H and O–H groups in total. The van der Waals surface area contributed by atoms with Gasteiger partial charge in [0.25, 0.3) is 0 Å². The van der Waals surface area contributed by atoms with E-state index < -0.39 is 14.6 Å². The van der Waals surface area contributed by atoms with Gasteiger partial charge in [-0.3, -0.25) is 4.79 Å². The second-order valence-corrected chi connectivity index (χ2v) is 8.70. The van der Waals surface area contributed by atoms with Crippen molar-refractivity contribution in [1.29, 1.82) is 0 Å². The van der Waals surface area contributed by atoms with E-state index in [0.29, 0.717) is 11.8 Å². The van der Waals surface area contributed by atoms with Crippen molar-refractivity contribution in [1.82, 2.24) is 0 Å². The van der Waals surface area contributed by atoms with Gasteiger partial charge in [0.1, 0.15) is 12.9 Å². The number of aldehydes is 1. The van der Waals surface area contributed by atoms with E-state index in [0.717, 1.165) is 0 Å². The SMILES string of the molecule is COc1cc(C=O)cc(Cl)c1OCCS(=O)(=O)C(C)(C)C. The summed E-state index contributed by atoms with van der Waals surface area (Å²) < 4.78 is 33.7. The predicted octanol–water partition coefficient (Wildman–Crippen LogP) is 2.75. The molecule has 0 heterocycles. The van der Waals surface area contributed by atoms with Crippen LogP contribution in [0.25, 0.3) is 0 Å². The third-order valence-electron chi connectivity index (χ3n) is 2.92. The lowest BCUT2D eigenvalue weighted by molar-refractivity contribution is 0.112. The van der Waals surface area contributed by atoms with Crippen LogP contribution >= 0.6 is 11.6 Å². The fourth-order valence-corrected chi connectivity index (χ4v) is 2.70. The van der Waals surface area contributed by atoms with Crippen molar-refractivity contribution in [2.24, 2.45) is 0 Å². The molecular formula is C14H19ClO5S. The number of rotatable bonds is 6. The highest BCUT2D eigenvalue weighted by Crippen LogP contribution is 2.36. The van der Waals surface area contributed by atoms with E-state index in [1.807, 2.05) is 0 Å². The zero-order valence-corrected chi connectivity index (χ0v) is 14.0. The van der Waals surface area contributed by atoms with Crippen molar-refractivity contribution in [3.63, 3.8) is 0 Å². The molecule has 0 saturated carbocycles. The van der Waals surface area contributed by atoms with Gasteiger partial charge in [-0.2, -0.15) is 0 Å². The molecule has 5 nitrogen and oxygen atoms in total. The van der Waals surface area contributed by atoms with Gasteiger partial charge < -0.3 is 9.47 Å². The van der Waals surface area contributed by atoms with Crippen LogP contribution in [0.5, 0.6) is 11.5 Å². The van der Waals surface area contributed by atoms with Crippen LogP contribution in [0.1, 0.15) is 31.1 Å². The molecule has 21 heavy (non-hydrogen) atoms. The van der Waals surface area contributed by atoms with Crippen LogP contribution in [0, 0.1) is 0 Å². The molecule has 1 rings (SSSR count). The van der Waals surface area contributed by atoms with Crippen LogP contribution in [-0.4, -0.2) is 38.9 Å². The number of halogens is 1. The lowest BCUT2D eigenvalue weighted by atomic mass is 10.2. The van der Waals surface area contributed by atoms with Crippen molar-refractivity contribution in [3.8, 4) is 11.5 Å². The molecule has 0 aromatic heterocycles. The maximum atomic E-state index is 12.0. The largest absolute Gasteiger partial charge is 0.493 e. The maximum Gasteiger partial charge on any atom is 0.179 e. The minimum atomic E-state index is -3.28. The first kappa shape index (κ1) is 17.8. The van der Waals surface area contributed by atoms with E-state index in [-0.39, 0.29) is 28.9 Å². The number of carbonyl (C=O) groups excluding carboxylic acids is 1. The van der Waals surface area contributed by atoms with E-state index in [1.165, 1.54) is 19.2 Å². The first-order chi connectivity index (χ1) is 9.62. The van der Waals surface area contributed by atoms with Crippen LogP contribution in [0.15, 0.2) is 12.1 Å². The predicted molar refractivity (Wildman–Crippen MR) is 82.4 cm³/mol. The monoisotopic (exact) mass is 334 g/mol. The molecule has 0 aliphatic carbocycles. The zero-order chi connectivity index (χ0) is 16.3. The van der Waals surface area contributed by atoms with Crippen molar-refractivity contribution in [3.05, 3.63) is 22.7 Å². The minimum absolute atomic E-state index is 0.0455. The topological polar surface area (TPSA) is 69.7 Å². The molecule has 0 unspecified atom stereocenters. The van der Waals surface area contributed by atoms with Crippen molar-refractivity contribution >= 4 is 27.7 Å². The number of benzene rings is 1. The van der Waals surface area contributed by atoms with Gasteiger partial charge in [-0.05, 0) is 32.9 Å². The Morgan fingerprint density at radius 3 is 2.38 bits per heavy atom. The lowest BCUT2D eigenvalue weighted by Gasteiger charge is -2.19. The zero-order valence-electron chi connectivity index (χ0n) is 12.5. The normalized spacial score (nSPS) is 12.0. The molecule has 0 amide bonds. The standard InChI is InChI=1S/C14H19ClO5S/c1-14(2,3)21(17,18)6-5-20-13-11(15)7-10(9-16)8-12(13)19-4/h7-9H,5-6H2,1-4H3. The Labute approximate surface area is 130 Å². The van der Waals surface area contributed by atoms with E-state index in [1.54, 1.807) is 20.8 Å². The fraction of sp³-hybridized carbons (Fsp3) is 0.500. The summed E-state index contributed by atoms with van der Waals surface area (Å²) in [6.45, 7) is 4.86. The molecule has 0 saturated heterocycles. The number of hydrogen-bond donors (Lipinski definition) is 0. The molecular weight excluding hydrogens is 316 g/mol. The summed E-state index contributed by atoms with van der Waals surface area (Å²) in [5.74, 6) is 0.387. The van der Waals surface area contributed by atoms with Crippen LogP contribution in [0.3, 0.4) is 0 Å². The quantitative estimate of drug-likeness (QED) is 0.748. The summed E-state index contributed by atoms with van der Waals surface area (Å²) in [7, 11) is -1.86. The van der Waals surface area contributed by atoms with Crippen LogP contribution in [-0.2, 0) is 9.84 Å². The Balaban J connectivity index is 2.88. The highest BCUT2D eigenvalue weighted by Gasteiger charge is 2.28. The van der Waals surface area contributed by atoms with Gasteiger partial charge in [0.15, 0.2) is 21.3 Å². The van der Waals surface area contributed by atoms with Crippen molar-refractivity contribution in [2.75, 3.05) is 19.5 Å². The summed E-state index contributed by atoms with van der Waals surface area (Å²) in [6, 6.07) is 2.91. The van der Waals surface area contributed by atoms with Crippen LogP contribution in [0.4, 0.5) is 0 Å². The molecule has 1 aromatic carbocycles. The minimum Gasteiger partial charge on any atom is -0.493 e. The number of methoxy groups -OCH3 is 1. The number of carbonyl (C=O) groups is 1. The summed E-state index contributed by atoms with van der Waals surface area (Å²) >= 11 is 6.02. The summed E-state index contributed by atoms with van der Waals surface area (Å²) in [5.41, 5.74) is 0.353. The van der Waals surface area contributed by atoms with Gasteiger partial charge >= 0.3 is 0 Å². The molecule has 0 bridgehead atoms. The number of hydrogen-bond acceptors (Lipinski definition) is 5. The van der Waals surface area contributed by atoms with Gasteiger partial charge in [0.2, 0.25) is 0 Å². The Morgan fingerprint density at radius 1 is 1.29 bits per heavy atom. The Bertz CT molecular complexity index is 617. The van der Waals surface area contributed by atoms with Crippen molar-refractivity contribution in [2.45, 2.75) is 25.5 Å². The van der Waals surface area contributed by atoms with E-state index >= 15 is 0 Å². The number of ether oxygens (including phenoxy) is 2. The fourth-order valence-electron chi connectivity index (χ4n) is 1.51. The Hall–Kier alpha value is -1.27. The van der Waals surface area contributed by atoms with E-state index in [9.17, 15) is 13.2 Å². The average Bonchev–Trinajstić information content (AvgIpc) is 2.38. The highest BCUT2D eigenvalue weighted by molar-refractivity contribution is 7.92. The highest BCUT2D eigenvalue weighted by atomic mass is 35.5. The summed E-state index contributed by atoms with van der Waals surface area (Å²) in [5, 5.41) is 0.199. The first-order valence-corrected chi connectivity index (χ1v) is 8.33. The Kier molecular flexibility index (Phi) is 5.64. The molecule has 0 radical (unpaired) electrons. The van der Waals surface area contributed by atoms with Gasteiger partial charge in [-0.25, -0.2) is 8.42 Å². The van der Waals surface area contributed by atoms with Gasteiger partial charge in [0.05, 0.1) is 22.6 Å². The molecule has 1 aromatic rings. The molecule has 118 valence electrons. The van der Waals surface area contributed by atoms with Gasteiger partial charge in [0, 0.05) is 5.56 Å².